The lowest BCUT2D eigenvalue weighted by molar-refractivity contribution is -0.137. The zero-order chi connectivity index (χ0) is 22.6. The molecule has 3 aromatic rings. The minimum atomic E-state index is -4.62. The first-order valence-corrected chi connectivity index (χ1v) is 11.5. The fourth-order valence-corrected chi connectivity index (χ4v) is 5.04. The minimum Gasteiger partial charge on any atom is -0.267 e. The first kappa shape index (κ1) is 23.2. The van der Waals surface area contributed by atoms with Gasteiger partial charge in [-0.15, -0.1) is 0 Å². The van der Waals surface area contributed by atoms with Gasteiger partial charge in [-0.1, -0.05) is 48.0 Å². The quantitative estimate of drug-likeness (QED) is 0.405. The van der Waals surface area contributed by atoms with Crippen molar-refractivity contribution in [1.82, 2.24) is 0 Å². The second-order valence-electron chi connectivity index (χ2n) is 6.96. The molecule has 0 N–H and O–H groups in total. The smallest absolute Gasteiger partial charge is 0.267 e. The number of halogens is 4. The van der Waals surface area contributed by atoms with Crippen molar-refractivity contribution in [1.29, 1.82) is 0 Å². The maximum atomic E-state index is 13.1. The van der Waals surface area contributed by atoms with Gasteiger partial charge in [0.2, 0.25) is 0 Å². The van der Waals surface area contributed by atoms with Crippen molar-refractivity contribution in [2.45, 2.75) is 30.8 Å². The van der Waals surface area contributed by atoms with Crippen LogP contribution in [0.15, 0.2) is 77.7 Å². The third kappa shape index (κ3) is 5.40. The molecule has 0 atom stereocenters. The lowest BCUT2D eigenvalue weighted by Gasteiger charge is -2.24. The third-order valence-corrected chi connectivity index (χ3v) is 7.14. The summed E-state index contributed by atoms with van der Waals surface area (Å²) < 4.78 is 66.5. The topological polar surface area (TPSA) is 37.4 Å². The molecule has 0 fully saturated rings. The number of aryl methyl sites for hydroxylation is 2. The Hall–Kier alpha value is -2.51. The van der Waals surface area contributed by atoms with Crippen molar-refractivity contribution in [2.75, 3.05) is 10.8 Å². The number of nitrogens with zero attached hydrogens (tertiary/aromatic N) is 1. The van der Waals surface area contributed by atoms with E-state index in [9.17, 15) is 21.6 Å². The average molecular weight is 468 g/mol. The molecule has 0 saturated heterocycles. The van der Waals surface area contributed by atoms with Crippen molar-refractivity contribution < 1.29 is 21.6 Å². The van der Waals surface area contributed by atoms with Crippen LogP contribution in [0.1, 0.15) is 23.6 Å². The number of rotatable bonds is 7. The zero-order valence-electron chi connectivity index (χ0n) is 16.7. The van der Waals surface area contributed by atoms with Crippen LogP contribution in [0.2, 0.25) is 5.02 Å². The zero-order valence-corrected chi connectivity index (χ0v) is 18.3. The fraction of sp³-hybridized carbons (Fsp3) is 0.217. The van der Waals surface area contributed by atoms with Crippen molar-refractivity contribution in [3.05, 3.63) is 94.5 Å². The summed E-state index contributed by atoms with van der Waals surface area (Å²) in [6.45, 7) is 1.72. The van der Waals surface area contributed by atoms with Crippen LogP contribution in [0.5, 0.6) is 0 Å². The van der Waals surface area contributed by atoms with Gasteiger partial charge in [-0.25, -0.2) is 8.42 Å². The summed E-state index contributed by atoms with van der Waals surface area (Å²) in [5.41, 5.74) is 1.28. The van der Waals surface area contributed by atoms with E-state index in [1.165, 1.54) is 6.07 Å². The second-order valence-corrected chi connectivity index (χ2v) is 9.23. The monoisotopic (exact) mass is 467 g/mol. The van der Waals surface area contributed by atoms with Crippen molar-refractivity contribution in [2.24, 2.45) is 0 Å². The maximum Gasteiger partial charge on any atom is 0.416 e. The molecule has 0 amide bonds. The van der Waals surface area contributed by atoms with Crippen LogP contribution in [0.3, 0.4) is 0 Å². The third-order valence-electron chi connectivity index (χ3n) is 4.88. The molecule has 0 aliphatic rings. The van der Waals surface area contributed by atoms with Gasteiger partial charge in [-0.05, 0) is 67.3 Å². The van der Waals surface area contributed by atoms with Crippen LogP contribution < -0.4 is 4.31 Å². The Morgan fingerprint density at radius 2 is 1.61 bits per heavy atom. The minimum absolute atomic E-state index is 0.0759. The standard InChI is InChI=1S/C23H21ClF3NO2S/c1-2-28(31(29,30)21-11-6-9-19(16-21)23(25,26)27)20-10-5-7-17(15-20)13-14-18-8-3-4-12-22(18)24/h3-12,15-16H,2,13-14H2,1H3. The van der Waals surface area contributed by atoms with Gasteiger partial charge in [-0.3, -0.25) is 4.31 Å². The van der Waals surface area contributed by atoms with E-state index in [1.807, 2.05) is 30.3 Å². The molecule has 8 heteroatoms. The van der Waals surface area contributed by atoms with E-state index in [2.05, 4.69) is 0 Å². The van der Waals surface area contributed by atoms with E-state index in [0.717, 1.165) is 27.6 Å². The first-order valence-electron chi connectivity index (χ1n) is 9.65. The van der Waals surface area contributed by atoms with Gasteiger partial charge in [0.05, 0.1) is 16.1 Å². The summed E-state index contributed by atoms with van der Waals surface area (Å²) in [6.07, 6.45) is -3.31. The molecular weight excluding hydrogens is 447 g/mol. The average Bonchev–Trinajstić information content (AvgIpc) is 2.73. The van der Waals surface area contributed by atoms with E-state index >= 15 is 0 Å². The molecule has 164 valence electrons. The normalized spacial score (nSPS) is 12.0. The highest BCUT2D eigenvalue weighted by Gasteiger charge is 2.33. The summed E-state index contributed by atoms with van der Waals surface area (Å²) in [6, 6.07) is 18.3. The Morgan fingerprint density at radius 3 is 2.29 bits per heavy atom. The van der Waals surface area contributed by atoms with Crippen LogP contribution in [0.25, 0.3) is 0 Å². The van der Waals surface area contributed by atoms with E-state index in [0.29, 0.717) is 29.6 Å². The molecule has 0 aliphatic heterocycles. The molecule has 31 heavy (non-hydrogen) atoms. The molecule has 0 saturated carbocycles. The summed E-state index contributed by atoms with van der Waals surface area (Å²) >= 11 is 6.20. The van der Waals surface area contributed by atoms with Crippen molar-refractivity contribution >= 4 is 27.3 Å². The first-order chi connectivity index (χ1) is 14.6. The molecule has 0 spiro atoms. The predicted octanol–water partition coefficient (Wildman–Crippen LogP) is 6.36. The van der Waals surface area contributed by atoms with Gasteiger partial charge >= 0.3 is 6.18 Å². The largest absolute Gasteiger partial charge is 0.416 e. The number of sulfonamides is 1. The Labute approximate surface area is 185 Å². The Bertz CT molecular complexity index is 1160. The van der Waals surface area contributed by atoms with Crippen LogP contribution in [0, 0.1) is 0 Å². The SMILES string of the molecule is CCN(c1cccc(CCc2ccccc2Cl)c1)S(=O)(=O)c1cccc(C(F)(F)F)c1. The fourth-order valence-electron chi connectivity index (χ4n) is 3.30. The predicted molar refractivity (Wildman–Crippen MR) is 117 cm³/mol. The Kier molecular flexibility index (Phi) is 6.96. The summed E-state index contributed by atoms with van der Waals surface area (Å²) in [5.74, 6) is 0. The van der Waals surface area contributed by atoms with Crippen molar-refractivity contribution in [3.8, 4) is 0 Å². The molecule has 3 aromatic carbocycles. The number of anilines is 1. The van der Waals surface area contributed by atoms with E-state index < -0.39 is 26.7 Å². The molecule has 0 aromatic heterocycles. The van der Waals surface area contributed by atoms with E-state index in [4.69, 9.17) is 11.6 Å². The maximum absolute atomic E-state index is 13.1. The summed E-state index contributed by atoms with van der Waals surface area (Å²) in [4.78, 5) is -0.398. The van der Waals surface area contributed by atoms with Gasteiger partial charge in [0.1, 0.15) is 0 Å². The molecule has 3 nitrogen and oxygen atoms in total. The molecule has 0 radical (unpaired) electrons. The van der Waals surface area contributed by atoms with Gasteiger partial charge in [0.25, 0.3) is 10.0 Å². The van der Waals surface area contributed by atoms with Gasteiger partial charge in [-0.2, -0.15) is 13.2 Å². The second kappa shape index (κ2) is 9.32. The van der Waals surface area contributed by atoms with Gasteiger partial charge in [0.15, 0.2) is 0 Å². The molecule has 0 heterocycles. The highest BCUT2D eigenvalue weighted by Crippen LogP contribution is 2.32. The number of hydrogen-bond donors (Lipinski definition) is 0. The number of alkyl halides is 3. The summed E-state index contributed by atoms with van der Waals surface area (Å²) in [5, 5.41) is 0.668. The van der Waals surface area contributed by atoms with Crippen LogP contribution in [-0.2, 0) is 29.0 Å². The van der Waals surface area contributed by atoms with Crippen LogP contribution >= 0.6 is 11.6 Å². The Balaban J connectivity index is 1.88. The summed E-state index contributed by atoms with van der Waals surface area (Å²) in [7, 11) is -4.17. The van der Waals surface area contributed by atoms with Crippen LogP contribution in [0.4, 0.5) is 18.9 Å². The molecule has 3 rings (SSSR count). The molecule has 0 aliphatic carbocycles. The number of benzene rings is 3. The lowest BCUT2D eigenvalue weighted by Crippen LogP contribution is -2.31. The van der Waals surface area contributed by atoms with Crippen LogP contribution in [-0.4, -0.2) is 15.0 Å². The lowest BCUT2D eigenvalue weighted by atomic mass is 10.0. The molecular formula is C23H21ClF3NO2S. The van der Waals surface area contributed by atoms with E-state index in [-0.39, 0.29) is 6.54 Å². The van der Waals surface area contributed by atoms with Gasteiger partial charge in [0, 0.05) is 11.6 Å². The molecule has 0 unspecified atom stereocenters. The van der Waals surface area contributed by atoms with Gasteiger partial charge < -0.3 is 0 Å². The Morgan fingerprint density at radius 1 is 0.903 bits per heavy atom. The number of hydrogen-bond acceptors (Lipinski definition) is 2. The van der Waals surface area contributed by atoms with Crippen molar-refractivity contribution in [3.63, 3.8) is 0 Å². The highest BCUT2D eigenvalue weighted by molar-refractivity contribution is 7.92. The molecule has 0 bridgehead atoms. The van der Waals surface area contributed by atoms with E-state index in [1.54, 1.807) is 25.1 Å². The highest BCUT2D eigenvalue weighted by atomic mass is 35.5.